The van der Waals surface area contributed by atoms with Gasteiger partial charge in [0.15, 0.2) is 0 Å². The Morgan fingerprint density at radius 1 is 1.10 bits per heavy atom. The number of benzene rings is 1. The third kappa shape index (κ3) is 5.31. The van der Waals surface area contributed by atoms with Crippen molar-refractivity contribution in [3.63, 3.8) is 0 Å². The molecule has 0 bridgehead atoms. The number of hydrogen-bond acceptors (Lipinski definition) is 4. The predicted molar refractivity (Wildman–Crippen MR) is 112 cm³/mol. The molecule has 1 N–H and O–H groups in total. The number of piperidine rings is 1. The van der Waals surface area contributed by atoms with Gasteiger partial charge in [-0.2, -0.15) is 5.10 Å². The number of nitrogens with one attached hydrogen (secondary N) is 1. The lowest BCUT2D eigenvalue weighted by Gasteiger charge is -2.30. The zero-order valence-electron chi connectivity index (χ0n) is 17.3. The van der Waals surface area contributed by atoms with Crippen molar-refractivity contribution in [2.24, 2.45) is 5.92 Å². The SMILES string of the molecule is Cc1ccc(NC(=O)c2ccc(=O)n(CCC(=O)N3CCC(C)CC3)n2)cc1C. The molecule has 2 aromatic rings. The lowest BCUT2D eigenvalue weighted by Crippen LogP contribution is -2.39. The summed E-state index contributed by atoms with van der Waals surface area (Å²) in [6.45, 7) is 7.86. The van der Waals surface area contributed by atoms with Gasteiger partial charge in [-0.1, -0.05) is 13.0 Å². The maximum Gasteiger partial charge on any atom is 0.276 e. The first-order valence-electron chi connectivity index (χ1n) is 10.1. The molecule has 1 aromatic carbocycles. The number of carbonyl (C=O) groups excluding carboxylic acids is 2. The maximum absolute atomic E-state index is 12.5. The highest BCUT2D eigenvalue weighted by Crippen LogP contribution is 2.17. The molecule has 0 unspecified atom stereocenters. The van der Waals surface area contributed by atoms with Crippen LogP contribution < -0.4 is 10.9 Å². The minimum Gasteiger partial charge on any atom is -0.343 e. The van der Waals surface area contributed by atoms with Crippen LogP contribution in [0.15, 0.2) is 35.1 Å². The number of aromatic nitrogens is 2. The van der Waals surface area contributed by atoms with E-state index in [9.17, 15) is 14.4 Å². The second kappa shape index (κ2) is 9.03. The largest absolute Gasteiger partial charge is 0.343 e. The van der Waals surface area contributed by atoms with Crippen LogP contribution in [0.1, 0.15) is 47.8 Å². The monoisotopic (exact) mass is 396 g/mol. The van der Waals surface area contributed by atoms with Crippen molar-refractivity contribution in [2.75, 3.05) is 18.4 Å². The van der Waals surface area contributed by atoms with Crippen LogP contribution in [-0.4, -0.2) is 39.6 Å². The molecule has 0 aliphatic carbocycles. The number of carbonyl (C=O) groups is 2. The number of amides is 2. The molecule has 154 valence electrons. The first-order chi connectivity index (χ1) is 13.8. The topological polar surface area (TPSA) is 84.3 Å². The fourth-order valence-corrected chi connectivity index (χ4v) is 3.36. The van der Waals surface area contributed by atoms with Crippen molar-refractivity contribution in [1.82, 2.24) is 14.7 Å². The van der Waals surface area contributed by atoms with Crippen molar-refractivity contribution in [3.05, 3.63) is 57.5 Å². The van der Waals surface area contributed by atoms with Crippen LogP contribution in [0, 0.1) is 19.8 Å². The van der Waals surface area contributed by atoms with E-state index in [1.54, 1.807) is 0 Å². The van der Waals surface area contributed by atoms with E-state index in [1.807, 2.05) is 36.9 Å². The lowest BCUT2D eigenvalue weighted by molar-refractivity contribution is -0.132. The molecule has 2 amide bonds. The lowest BCUT2D eigenvalue weighted by atomic mass is 9.99. The second-order valence-electron chi connectivity index (χ2n) is 7.85. The molecule has 0 atom stereocenters. The maximum atomic E-state index is 12.5. The summed E-state index contributed by atoms with van der Waals surface area (Å²) < 4.78 is 1.19. The fourth-order valence-electron chi connectivity index (χ4n) is 3.36. The molecule has 0 spiro atoms. The molecule has 2 heterocycles. The van der Waals surface area contributed by atoms with Crippen molar-refractivity contribution >= 4 is 17.5 Å². The number of aryl methyl sites for hydroxylation is 3. The summed E-state index contributed by atoms with van der Waals surface area (Å²) in [6.07, 6.45) is 2.22. The van der Waals surface area contributed by atoms with Crippen molar-refractivity contribution < 1.29 is 9.59 Å². The van der Waals surface area contributed by atoms with Crippen LogP contribution in [0.25, 0.3) is 0 Å². The number of hydrogen-bond donors (Lipinski definition) is 1. The van der Waals surface area contributed by atoms with Crippen molar-refractivity contribution in [2.45, 2.75) is 46.6 Å². The Labute approximate surface area is 170 Å². The third-order valence-corrected chi connectivity index (χ3v) is 5.54. The van der Waals surface area contributed by atoms with Crippen LogP contribution in [0.5, 0.6) is 0 Å². The zero-order chi connectivity index (χ0) is 21.0. The molecule has 1 aliphatic rings. The Morgan fingerprint density at radius 3 is 2.52 bits per heavy atom. The molecule has 1 aliphatic heterocycles. The van der Waals surface area contributed by atoms with Crippen molar-refractivity contribution in [1.29, 1.82) is 0 Å². The summed E-state index contributed by atoms with van der Waals surface area (Å²) in [5, 5.41) is 6.96. The van der Waals surface area contributed by atoms with Gasteiger partial charge in [0, 0.05) is 31.3 Å². The molecule has 7 heteroatoms. The molecule has 7 nitrogen and oxygen atoms in total. The molecule has 1 saturated heterocycles. The summed E-state index contributed by atoms with van der Waals surface area (Å²) in [5.41, 5.74) is 2.70. The highest BCUT2D eigenvalue weighted by molar-refractivity contribution is 6.02. The van der Waals surface area contributed by atoms with E-state index in [0.717, 1.165) is 37.1 Å². The Hall–Kier alpha value is -2.96. The Morgan fingerprint density at radius 2 is 1.83 bits per heavy atom. The Balaban J connectivity index is 1.64. The summed E-state index contributed by atoms with van der Waals surface area (Å²) >= 11 is 0. The molecular weight excluding hydrogens is 368 g/mol. The van der Waals surface area contributed by atoms with Crippen LogP contribution in [-0.2, 0) is 11.3 Å². The standard InChI is InChI=1S/C22H28N4O3/c1-15-8-11-25(12-9-15)20(27)10-13-26-21(28)7-6-19(24-26)22(29)23-18-5-4-16(2)17(3)14-18/h4-7,14-15H,8-13H2,1-3H3,(H,23,29). The van der Waals surface area contributed by atoms with Gasteiger partial charge in [0.2, 0.25) is 5.91 Å². The molecular formula is C22H28N4O3. The van der Waals surface area contributed by atoms with Crippen LogP contribution in [0.3, 0.4) is 0 Å². The van der Waals surface area contributed by atoms with Gasteiger partial charge >= 0.3 is 0 Å². The predicted octanol–water partition coefficient (Wildman–Crippen LogP) is 2.76. The highest BCUT2D eigenvalue weighted by atomic mass is 16.2. The number of likely N-dealkylation sites (tertiary alicyclic amines) is 1. The highest BCUT2D eigenvalue weighted by Gasteiger charge is 2.20. The third-order valence-electron chi connectivity index (χ3n) is 5.54. The average molecular weight is 396 g/mol. The zero-order valence-corrected chi connectivity index (χ0v) is 17.3. The van der Waals surface area contributed by atoms with Gasteiger partial charge in [0.1, 0.15) is 5.69 Å². The molecule has 29 heavy (non-hydrogen) atoms. The van der Waals surface area contributed by atoms with E-state index in [0.29, 0.717) is 11.6 Å². The summed E-state index contributed by atoms with van der Waals surface area (Å²) in [6, 6.07) is 8.38. The van der Waals surface area contributed by atoms with Gasteiger partial charge in [-0.15, -0.1) is 0 Å². The van der Waals surface area contributed by atoms with E-state index < -0.39 is 5.91 Å². The number of nitrogens with zero attached hydrogens (tertiary/aromatic N) is 3. The van der Waals surface area contributed by atoms with E-state index in [1.165, 1.54) is 16.8 Å². The molecule has 1 aromatic heterocycles. The number of rotatable bonds is 5. The minimum atomic E-state index is -0.390. The summed E-state index contributed by atoms with van der Waals surface area (Å²) in [7, 11) is 0. The molecule has 0 radical (unpaired) electrons. The van der Waals surface area contributed by atoms with Crippen LogP contribution in [0.2, 0.25) is 0 Å². The molecule has 1 fully saturated rings. The smallest absolute Gasteiger partial charge is 0.276 e. The van der Waals surface area contributed by atoms with Crippen LogP contribution in [0.4, 0.5) is 5.69 Å². The van der Waals surface area contributed by atoms with E-state index in [4.69, 9.17) is 0 Å². The van der Waals surface area contributed by atoms with Gasteiger partial charge in [0.25, 0.3) is 11.5 Å². The van der Waals surface area contributed by atoms with Gasteiger partial charge in [0.05, 0.1) is 6.54 Å². The Kier molecular flexibility index (Phi) is 6.46. The quantitative estimate of drug-likeness (QED) is 0.842. The minimum absolute atomic E-state index is 0.0237. The van der Waals surface area contributed by atoms with Gasteiger partial charge in [-0.05, 0) is 61.9 Å². The van der Waals surface area contributed by atoms with E-state index in [2.05, 4.69) is 17.3 Å². The normalized spacial score (nSPS) is 14.7. The first kappa shape index (κ1) is 20.8. The van der Waals surface area contributed by atoms with Crippen molar-refractivity contribution in [3.8, 4) is 0 Å². The molecule has 3 rings (SSSR count). The van der Waals surface area contributed by atoms with Crippen LogP contribution >= 0.6 is 0 Å². The first-order valence-corrected chi connectivity index (χ1v) is 10.1. The van der Waals surface area contributed by atoms with Gasteiger partial charge < -0.3 is 10.2 Å². The van der Waals surface area contributed by atoms with E-state index in [-0.39, 0.29) is 30.1 Å². The fraction of sp³-hybridized carbons (Fsp3) is 0.455. The average Bonchev–Trinajstić information content (AvgIpc) is 2.70. The second-order valence-corrected chi connectivity index (χ2v) is 7.85. The van der Waals surface area contributed by atoms with E-state index >= 15 is 0 Å². The van der Waals surface area contributed by atoms with Gasteiger partial charge in [-0.25, -0.2) is 4.68 Å². The summed E-state index contributed by atoms with van der Waals surface area (Å²) in [5.74, 6) is 0.282. The summed E-state index contributed by atoms with van der Waals surface area (Å²) in [4.78, 5) is 38.9. The molecule has 0 saturated carbocycles. The van der Waals surface area contributed by atoms with Gasteiger partial charge in [-0.3, -0.25) is 14.4 Å². The Bertz CT molecular complexity index is 959. The number of anilines is 1.